The second-order valence-corrected chi connectivity index (χ2v) is 6.92. The highest BCUT2D eigenvalue weighted by atomic mass is 32.1. The third-order valence-electron chi connectivity index (χ3n) is 4.08. The summed E-state index contributed by atoms with van der Waals surface area (Å²) in [4.78, 5) is 23.2. The fourth-order valence-corrected chi connectivity index (χ4v) is 3.61. The maximum Gasteiger partial charge on any atom is 0.275 e. The lowest BCUT2D eigenvalue weighted by Crippen LogP contribution is -2.26. The maximum absolute atomic E-state index is 13.2. The summed E-state index contributed by atoms with van der Waals surface area (Å²) in [6.07, 6.45) is 3.97. The summed E-state index contributed by atoms with van der Waals surface area (Å²) >= 11 is 1.35. The standard InChI is InChI=1S/C19H16FN5OS/c20-15-6-4-14(5-7-15)13-24(12-9-16-3-1-2-10-21-16)19-23-25-17(26)8-11-22-18(25)27-19/h1-8,10-11H,9,12-13H2. The van der Waals surface area contributed by atoms with Gasteiger partial charge in [0.15, 0.2) is 0 Å². The average Bonchev–Trinajstić information content (AvgIpc) is 3.13. The van der Waals surface area contributed by atoms with Crippen LogP contribution < -0.4 is 10.5 Å². The van der Waals surface area contributed by atoms with E-state index < -0.39 is 0 Å². The van der Waals surface area contributed by atoms with Crippen LogP contribution in [0.1, 0.15) is 11.3 Å². The van der Waals surface area contributed by atoms with Gasteiger partial charge in [-0.25, -0.2) is 9.37 Å². The smallest absolute Gasteiger partial charge is 0.275 e. The van der Waals surface area contributed by atoms with Crippen LogP contribution in [0.15, 0.2) is 65.7 Å². The third-order valence-corrected chi connectivity index (χ3v) is 5.06. The van der Waals surface area contributed by atoms with Crippen LogP contribution in [0.3, 0.4) is 0 Å². The van der Waals surface area contributed by atoms with Gasteiger partial charge >= 0.3 is 0 Å². The second kappa shape index (κ2) is 7.63. The minimum atomic E-state index is -0.269. The zero-order valence-corrected chi connectivity index (χ0v) is 15.1. The molecule has 0 spiro atoms. The fraction of sp³-hybridized carbons (Fsp3) is 0.158. The fourth-order valence-electron chi connectivity index (χ4n) is 2.71. The van der Waals surface area contributed by atoms with Crippen molar-refractivity contribution in [3.63, 3.8) is 0 Å². The van der Waals surface area contributed by atoms with Gasteiger partial charge in [-0.15, -0.1) is 5.10 Å². The van der Waals surface area contributed by atoms with Crippen LogP contribution in [0, 0.1) is 5.82 Å². The van der Waals surface area contributed by atoms with Crippen molar-refractivity contribution in [3.8, 4) is 0 Å². The summed E-state index contributed by atoms with van der Waals surface area (Å²) in [6.45, 7) is 1.20. The molecule has 6 nitrogen and oxygen atoms in total. The van der Waals surface area contributed by atoms with E-state index in [2.05, 4.69) is 20.0 Å². The molecule has 0 fully saturated rings. The molecule has 8 heteroatoms. The molecule has 0 unspecified atom stereocenters. The van der Waals surface area contributed by atoms with E-state index in [9.17, 15) is 9.18 Å². The topological polar surface area (TPSA) is 63.4 Å². The number of benzene rings is 1. The molecule has 0 saturated heterocycles. The molecule has 0 aliphatic heterocycles. The Hall–Kier alpha value is -3.13. The predicted molar refractivity (Wildman–Crippen MR) is 103 cm³/mol. The van der Waals surface area contributed by atoms with Gasteiger partial charge in [0.1, 0.15) is 5.82 Å². The van der Waals surface area contributed by atoms with E-state index >= 15 is 0 Å². The molecule has 3 aromatic heterocycles. The lowest BCUT2D eigenvalue weighted by Gasteiger charge is -2.21. The lowest BCUT2D eigenvalue weighted by atomic mass is 10.2. The number of hydrogen-bond donors (Lipinski definition) is 0. The number of aromatic nitrogens is 4. The quantitative estimate of drug-likeness (QED) is 0.514. The molecule has 27 heavy (non-hydrogen) atoms. The van der Waals surface area contributed by atoms with Crippen LogP contribution in [-0.2, 0) is 13.0 Å². The van der Waals surface area contributed by atoms with Gasteiger partial charge in [-0.2, -0.15) is 4.52 Å². The van der Waals surface area contributed by atoms with Gasteiger partial charge in [0.05, 0.1) is 0 Å². The SMILES string of the molecule is O=c1ccnc2sc(N(CCc3ccccn3)Cc3ccc(F)cc3)nn12. The largest absolute Gasteiger partial charge is 0.342 e. The highest BCUT2D eigenvalue weighted by Gasteiger charge is 2.15. The van der Waals surface area contributed by atoms with Crippen LogP contribution in [0.5, 0.6) is 0 Å². The Labute approximate surface area is 158 Å². The van der Waals surface area contributed by atoms with Crippen molar-refractivity contribution >= 4 is 21.4 Å². The van der Waals surface area contributed by atoms with Gasteiger partial charge in [0, 0.05) is 43.7 Å². The Morgan fingerprint density at radius 1 is 1.04 bits per heavy atom. The van der Waals surface area contributed by atoms with E-state index in [0.29, 0.717) is 23.2 Å². The number of anilines is 1. The van der Waals surface area contributed by atoms with Crippen molar-refractivity contribution in [2.45, 2.75) is 13.0 Å². The highest BCUT2D eigenvalue weighted by Crippen LogP contribution is 2.23. The summed E-state index contributed by atoms with van der Waals surface area (Å²) in [5, 5.41) is 5.12. The number of hydrogen-bond acceptors (Lipinski definition) is 6. The van der Waals surface area contributed by atoms with Crippen molar-refractivity contribution < 1.29 is 4.39 Å². The molecule has 4 aromatic rings. The first-order valence-corrected chi connectivity index (χ1v) is 9.25. The van der Waals surface area contributed by atoms with Crippen LogP contribution in [0.25, 0.3) is 4.96 Å². The summed E-state index contributed by atoms with van der Waals surface area (Å²) in [5.41, 5.74) is 1.71. The maximum atomic E-state index is 13.2. The Morgan fingerprint density at radius 3 is 2.63 bits per heavy atom. The number of rotatable bonds is 6. The Morgan fingerprint density at radius 2 is 1.89 bits per heavy atom. The third kappa shape index (κ3) is 4.01. The first-order chi connectivity index (χ1) is 13.2. The lowest BCUT2D eigenvalue weighted by molar-refractivity contribution is 0.626. The summed E-state index contributed by atoms with van der Waals surface area (Å²) in [5.74, 6) is -0.269. The van der Waals surface area contributed by atoms with Crippen molar-refractivity contribution in [1.82, 2.24) is 19.6 Å². The molecular formula is C19H16FN5OS. The predicted octanol–water partition coefficient (Wildman–Crippen LogP) is 2.93. The van der Waals surface area contributed by atoms with Crippen LogP contribution >= 0.6 is 11.3 Å². The Bertz CT molecular complexity index is 1090. The highest BCUT2D eigenvalue weighted by molar-refractivity contribution is 7.20. The Kier molecular flexibility index (Phi) is 4.88. The average molecular weight is 381 g/mol. The van der Waals surface area contributed by atoms with Gasteiger partial charge in [-0.05, 0) is 29.8 Å². The molecule has 0 bridgehead atoms. The van der Waals surface area contributed by atoms with E-state index in [-0.39, 0.29) is 11.4 Å². The minimum absolute atomic E-state index is 0.214. The molecule has 0 amide bonds. The van der Waals surface area contributed by atoms with E-state index in [0.717, 1.165) is 17.7 Å². The molecule has 4 rings (SSSR count). The number of nitrogens with zero attached hydrogens (tertiary/aromatic N) is 5. The van der Waals surface area contributed by atoms with E-state index in [1.165, 1.54) is 40.2 Å². The monoisotopic (exact) mass is 381 g/mol. The molecule has 0 aliphatic carbocycles. The van der Waals surface area contributed by atoms with Gasteiger partial charge in [-0.1, -0.05) is 29.5 Å². The molecule has 0 aliphatic rings. The summed E-state index contributed by atoms with van der Waals surface area (Å²) in [7, 11) is 0. The van der Waals surface area contributed by atoms with E-state index in [4.69, 9.17) is 0 Å². The van der Waals surface area contributed by atoms with Gasteiger partial charge in [-0.3, -0.25) is 9.78 Å². The van der Waals surface area contributed by atoms with Gasteiger partial charge in [0.25, 0.3) is 5.56 Å². The molecular weight excluding hydrogens is 365 g/mol. The molecule has 0 N–H and O–H groups in total. The van der Waals surface area contributed by atoms with Crippen molar-refractivity contribution in [2.75, 3.05) is 11.4 Å². The molecule has 3 heterocycles. The van der Waals surface area contributed by atoms with Gasteiger partial charge in [0.2, 0.25) is 10.1 Å². The molecule has 136 valence electrons. The second-order valence-electron chi connectivity index (χ2n) is 5.98. The van der Waals surface area contributed by atoms with Crippen LogP contribution in [0.2, 0.25) is 0 Å². The van der Waals surface area contributed by atoms with E-state index in [1.54, 1.807) is 18.3 Å². The number of pyridine rings is 1. The van der Waals surface area contributed by atoms with Crippen LogP contribution in [0.4, 0.5) is 9.52 Å². The van der Waals surface area contributed by atoms with Crippen LogP contribution in [-0.4, -0.2) is 26.1 Å². The van der Waals surface area contributed by atoms with Crippen molar-refractivity contribution in [1.29, 1.82) is 0 Å². The minimum Gasteiger partial charge on any atom is -0.342 e. The zero-order chi connectivity index (χ0) is 18.6. The van der Waals surface area contributed by atoms with Gasteiger partial charge < -0.3 is 4.90 Å². The summed E-state index contributed by atoms with van der Waals surface area (Å²) in [6, 6.07) is 13.6. The molecule has 0 saturated carbocycles. The first kappa shape index (κ1) is 17.3. The summed E-state index contributed by atoms with van der Waals surface area (Å²) < 4.78 is 14.5. The van der Waals surface area contributed by atoms with Crippen molar-refractivity contribution in [2.24, 2.45) is 0 Å². The molecule has 0 atom stereocenters. The van der Waals surface area contributed by atoms with E-state index in [1.807, 2.05) is 18.2 Å². The number of fused-ring (bicyclic) bond motifs is 1. The van der Waals surface area contributed by atoms with Crippen molar-refractivity contribution in [3.05, 3.63) is 88.4 Å². The Balaban J connectivity index is 1.64. The zero-order valence-electron chi connectivity index (χ0n) is 14.3. The molecule has 0 radical (unpaired) electrons. The first-order valence-electron chi connectivity index (χ1n) is 8.43. The number of halogens is 1. The molecule has 1 aromatic carbocycles. The normalized spacial score (nSPS) is 11.0.